The minimum absolute atomic E-state index is 0.144. The number of hydrogen-bond acceptors (Lipinski definition) is 4. The molecule has 0 saturated heterocycles. The van der Waals surface area contributed by atoms with Gasteiger partial charge in [-0.25, -0.2) is 4.79 Å². The molecular weight excluding hydrogens is 323 g/mol. The monoisotopic (exact) mass is 330 g/mol. The number of carbonyl (C=O) groups excluding carboxylic acids is 1. The van der Waals surface area contributed by atoms with Crippen molar-refractivity contribution < 1.29 is 9.53 Å². The Labute approximate surface area is 130 Å². The van der Waals surface area contributed by atoms with Gasteiger partial charge in [-0.3, -0.25) is 4.98 Å². The second kappa shape index (κ2) is 5.87. The third kappa shape index (κ3) is 2.68. The molecule has 2 N–H and O–H groups in total. The largest absolute Gasteiger partial charge is 0.465 e. The number of rotatable bonds is 2. The molecular formula is C13H9Cl3N2O2. The van der Waals surface area contributed by atoms with E-state index in [0.29, 0.717) is 26.3 Å². The topological polar surface area (TPSA) is 65.2 Å². The van der Waals surface area contributed by atoms with E-state index in [1.807, 2.05) is 0 Å². The minimum Gasteiger partial charge on any atom is -0.465 e. The molecule has 0 saturated carbocycles. The molecule has 0 unspecified atom stereocenters. The predicted molar refractivity (Wildman–Crippen MR) is 80.5 cm³/mol. The number of ether oxygens (including phenoxy) is 1. The number of methoxy groups -OCH3 is 1. The van der Waals surface area contributed by atoms with E-state index in [1.165, 1.54) is 31.5 Å². The molecule has 1 heterocycles. The SMILES string of the molecule is COC(=O)c1ccnc(-c2c(Cl)cc(Cl)cc2Cl)c1N. The molecule has 0 aliphatic heterocycles. The van der Waals surface area contributed by atoms with Crippen LogP contribution in [0.25, 0.3) is 11.3 Å². The lowest BCUT2D eigenvalue weighted by atomic mass is 10.1. The van der Waals surface area contributed by atoms with E-state index in [9.17, 15) is 4.79 Å². The first-order valence-electron chi connectivity index (χ1n) is 5.43. The molecule has 0 radical (unpaired) electrons. The summed E-state index contributed by atoms with van der Waals surface area (Å²) in [6, 6.07) is 4.51. The molecule has 0 atom stereocenters. The lowest BCUT2D eigenvalue weighted by Gasteiger charge is -2.12. The predicted octanol–water partition coefficient (Wildman–Crippen LogP) is 4.08. The molecule has 0 fully saturated rings. The van der Waals surface area contributed by atoms with Crippen molar-refractivity contribution in [1.29, 1.82) is 0 Å². The zero-order valence-electron chi connectivity index (χ0n) is 10.3. The van der Waals surface area contributed by atoms with Crippen LogP contribution in [0.5, 0.6) is 0 Å². The third-order valence-corrected chi connectivity index (χ3v) is 3.45. The summed E-state index contributed by atoms with van der Waals surface area (Å²) in [6.07, 6.45) is 1.43. The molecule has 2 rings (SSSR count). The number of nitrogens with zero attached hydrogens (tertiary/aromatic N) is 1. The van der Waals surface area contributed by atoms with E-state index in [1.54, 1.807) is 0 Å². The maximum absolute atomic E-state index is 11.6. The summed E-state index contributed by atoms with van der Waals surface area (Å²) in [5.41, 5.74) is 7.01. The van der Waals surface area contributed by atoms with Crippen molar-refractivity contribution in [3.63, 3.8) is 0 Å². The van der Waals surface area contributed by atoms with Crippen LogP contribution in [0.15, 0.2) is 24.4 Å². The van der Waals surface area contributed by atoms with Crippen LogP contribution in [-0.4, -0.2) is 18.1 Å². The molecule has 104 valence electrons. The smallest absolute Gasteiger partial charge is 0.340 e. The van der Waals surface area contributed by atoms with Crippen LogP contribution in [0.3, 0.4) is 0 Å². The molecule has 0 spiro atoms. The number of benzene rings is 1. The fourth-order valence-corrected chi connectivity index (χ4v) is 2.72. The Morgan fingerprint density at radius 2 is 1.85 bits per heavy atom. The molecule has 1 aromatic heterocycles. The highest BCUT2D eigenvalue weighted by atomic mass is 35.5. The standard InChI is InChI=1S/C13H9Cl3N2O2/c1-20-13(19)7-2-3-18-12(11(7)17)10-8(15)4-6(14)5-9(10)16/h2-5H,17H2,1H3. The van der Waals surface area contributed by atoms with E-state index >= 15 is 0 Å². The van der Waals surface area contributed by atoms with Gasteiger partial charge in [0, 0.05) is 16.8 Å². The maximum Gasteiger partial charge on any atom is 0.340 e. The van der Waals surface area contributed by atoms with Crippen molar-refractivity contribution in [3.05, 3.63) is 45.0 Å². The zero-order valence-corrected chi connectivity index (χ0v) is 12.6. The van der Waals surface area contributed by atoms with Crippen molar-refractivity contribution in [2.24, 2.45) is 0 Å². The molecule has 2 aromatic rings. The Kier molecular flexibility index (Phi) is 4.38. The third-order valence-electron chi connectivity index (χ3n) is 2.64. The van der Waals surface area contributed by atoms with Crippen LogP contribution in [0.2, 0.25) is 15.1 Å². The summed E-state index contributed by atoms with van der Waals surface area (Å²) < 4.78 is 4.65. The van der Waals surface area contributed by atoms with E-state index in [4.69, 9.17) is 40.5 Å². The number of esters is 1. The highest BCUT2D eigenvalue weighted by molar-refractivity contribution is 6.42. The summed E-state index contributed by atoms with van der Waals surface area (Å²) >= 11 is 18.1. The average Bonchev–Trinajstić information content (AvgIpc) is 2.38. The highest BCUT2D eigenvalue weighted by Gasteiger charge is 2.19. The molecule has 0 bridgehead atoms. The van der Waals surface area contributed by atoms with Gasteiger partial charge in [0.2, 0.25) is 0 Å². The van der Waals surface area contributed by atoms with Gasteiger partial charge >= 0.3 is 5.97 Å². The molecule has 0 amide bonds. The molecule has 0 aliphatic carbocycles. The van der Waals surface area contributed by atoms with Gasteiger partial charge in [-0.15, -0.1) is 0 Å². The van der Waals surface area contributed by atoms with Gasteiger partial charge in [0.1, 0.15) is 0 Å². The number of hydrogen-bond donors (Lipinski definition) is 1. The van der Waals surface area contributed by atoms with E-state index in [2.05, 4.69) is 9.72 Å². The highest BCUT2D eigenvalue weighted by Crippen LogP contribution is 2.39. The van der Waals surface area contributed by atoms with Crippen molar-refractivity contribution >= 4 is 46.5 Å². The quantitative estimate of drug-likeness (QED) is 0.842. The second-order valence-corrected chi connectivity index (χ2v) is 5.11. The van der Waals surface area contributed by atoms with Crippen LogP contribution < -0.4 is 5.73 Å². The van der Waals surface area contributed by atoms with Gasteiger partial charge in [0.05, 0.1) is 34.1 Å². The number of carbonyl (C=O) groups is 1. The van der Waals surface area contributed by atoms with Crippen LogP contribution >= 0.6 is 34.8 Å². The Balaban J connectivity index is 2.69. The minimum atomic E-state index is -0.563. The lowest BCUT2D eigenvalue weighted by Crippen LogP contribution is -2.08. The molecule has 20 heavy (non-hydrogen) atoms. The molecule has 4 nitrogen and oxygen atoms in total. The number of halogens is 3. The van der Waals surface area contributed by atoms with Gasteiger partial charge < -0.3 is 10.5 Å². The summed E-state index contributed by atoms with van der Waals surface area (Å²) in [5.74, 6) is -0.563. The van der Waals surface area contributed by atoms with Crippen molar-refractivity contribution in [2.75, 3.05) is 12.8 Å². The van der Waals surface area contributed by atoms with Gasteiger partial charge in [0.15, 0.2) is 0 Å². The van der Waals surface area contributed by atoms with E-state index in [0.717, 1.165) is 0 Å². The first kappa shape index (κ1) is 14.9. The summed E-state index contributed by atoms with van der Waals surface area (Å²) in [4.78, 5) is 15.8. The number of anilines is 1. The number of nitrogens with two attached hydrogens (primary N) is 1. The van der Waals surface area contributed by atoms with Crippen molar-refractivity contribution in [1.82, 2.24) is 4.98 Å². The zero-order chi connectivity index (χ0) is 14.9. The molecule has 0 aliphatic rings. The maximum atomic E-state index is 11.6. The second-order valence-electron chi connectivity index (χ2n) is 3.86. The Morgan fingerprint density at radius 1 is 1.25 bits per heavy atom. The molecule has 1 aromatic carbocycles. The first-order chi connectivity index (χ1) is 9.45. The summed E-state index contributed by atoms with van der Waals surface area (Å²) in [5, 5.41) is 0.985. The summed E-state index contributed by atoms with van der Waals surface area (Å²) in [7, 11) is 1.27. The van der Waals surface area contributed by atoms with E-state index < -0.39 is 5.97 Å². The Morgan fingerprint density at radius 3 is 2.40 bits per heavy atom. The Bertz CT molecular complexity index is 666. The van der Waals surface area contributed by atoms with Crippen LogP contribution in [0.1, 0.15) is 10.4 Å². The van der Waals surface area contributed by atoms with Crippen LogP contribution in [0.4, 0.5) is 5.69 Å². The van der Waals surface area contributed by atoms with Gasteiger partial charge in [-0.1, -0.05) is 34.8 Å². The lowest BCUT2D eigenvalue weighted by molar-refractivity contribution is 0.0602. The number of pyridine rings is 1. The first-order valence-corrected chi connectivity index (χ1v) is 6.56. The fraction of sp³-hybridized carbons (Fsp3) is 0.0769. The van der Waals surface area contributed by atoms with Gasteiger partial charge in [0.25, 0.3) is 0 Å². The fourth-order valence-electron chi connectivity index (χ4n) is 1.73. The van der Waals surface area contributed by atoms with Gasteiger partial charge in [-0.05, 0) is 18.2 Å². The normalized spacial score (nSPS) is 10.4. The van der Waals surface area contributed by atoms with Crippen LogP contribution in [-0.2, 0) is 4.74 Å². The number of nitrogen functional groups attached to an aromatic ring is 1. The van der Waals surface area contributed by atoms with E-state index in [-0.39, 0.29) is 11.3 Å². The Hall–Kier alpha value is -1.49. The number of aromatic nitrogens is 1. The average molecular weight is 332 g/mol. The van der Waals surface area contributed by atoms with Crippen LogP contribution in [0, 0.1) is 0 Å². The summed E-state index contributed by atoms with van der Waals surface area (Å²) in [6.45, 7) is 0. The van der Waals surface area contributed by atoms with Crippen molar-refractivity contribution in [3.8, 4) is 11.3 Å². The molecule has 7 heteroatoms. The van der Waals surface area contributed by atoms with Crippen molar-refractivity contribution in [2.45, 2.75) is 0 Å². The van der Waals surface area contributed by atoms with Gasteiger partial charge in [-0.2, -0.15) is 0 Å².